The second-order valence-electron chi connectivity index (χ2n) is 5.60. The Bertz CT molecular complexity index is 435. The van der Waals surface area contributed by atoms with E-state index in [1.807, 2.05) is 0 Å². The van der Waals surface area contributed by atoms with Crippen molar-refractivity contribution in [2.24, 2.45) is 0 Å². The summed E-state index contributed by atoms with van der Waals surface area (Å²) in [6, 6.07) is 4.53. The van der Waals surface area contributed by atoms with Gasteiger partial charge in [-0.3, -0.25) is 0 Å². The molecule has 0 heterocycles. The fraction of sp³-hybridized carbons (Fsp3) is 0.700. The van der Waals surface area contributed by atoms with Gasteiger partial charge in [-0.1, -0.05) is 0 Å². The molecule has 0 aliphatic carbocycles. The molecule has 0 aliphatic rings. The molecule has 26 heavy (non-hydrogen) atoms. The van der Waals surface area contributed by atoms with Gasteiger partial charge in [-0.05, 0) is 75.5 Å². The highest BCUT2D eigenvalue weighted by molar-refractivity contribution is 7.96. The van der Waals surface area contributed by atoms with E-state index in [0.29, 0.717) is 21.8 Å². The minimum Gasteiger partial charge on any atom is -1.00 e. The van der Waals surface area contributed by atoms with Crippen molar-refractivity contribution < 1.29 is 43.4 Å². The highest BCUT2D eigenvalue weighted by Crippen LogP contribution is 2.32. The summed E-state index contributed by atoms with van der Waals surface area (Å²) in [4.78, 5) is 0. The van der Waals surface area contributed by atoms with Gasteiger partial charge >= 0.3 is 0 Å². The molecule has 1 rings (SSSR count). The fourth-order valence-electron chi connectivity index (χ4n) is 2.71. The molecule has 0 unspecified atom stereocenters. The van der Waals surface area contributed by atoms with Gasteiger partial charge in [0.15, 0.2) is 0 Å². The third kappa shape index (κ3) is 9.11. The normalized spacial score (nSPS) is 10.5. The van der Waals surface area contributed by atoms with Gasteiger partial charge in [-0.2, -0.15) is 0 Å². The van der Waals surface area contributed by atoms with E-state index >= 15 is 0 Å². The molecule has 1 aromatic carbocycles. The zero-order valence-corrected chi connectivity index (χ0v) is 22.0. The van der Waals surface area contributed by atoms with Gasteiger partial charge in [0.1, 0.15) is 46.0 Å². The Balaban J connectivity index is 0. The van der Waals surface area contributed by atoms with Crippen LogP contribution in [-0.4, -0.2) is 36.2 Å². The molecule has 2 nitrogen and oxygen atoms in total. The lowest BCUT2D eigenvalue weighted by Crippen LogP contribution is -3.00. The van der Waals surface area contributed by atoms with E-state index in [-0.39, 0.29) is 34.0 Å². The van der Waals surface area contributed by atoms with Gasteiger partial charge in [0, 0.05) is 11.1 Å². The standard InChI is InChI=1S/C20H36O2S2.2BrH/c1-7-21-19-13-18(16-24(11-5)12-6)20(22-8-2)14-17(19)15-23(9-3)10-4;;/h13-14H,7-12,15-16H2,1-6H3;2*1H/q+2;;/p-2. The van der Waals surface area contributed by atoms with Crippen LogP contribution in [0.5, 0.6) is 11.5 Å². The smallest absolute Gasteiger partial charge is 0.136 e. The lowest BCUT2D eigenvalue weighted by atomic mass is 10.1. The highest BCUT2D eigenvalue weighted by atomic mass is 79.9. The van der Waals surface area contributed by atoms with Crippen molar-refractivity contribution in [3.8, 4) is 11.5 Å². The Labute approximate surface area is 188 Å². The van der Waals surface area contributed by atoms with Crippen LogP contribution in [0.15, 0.2) is 12.1 Å². The molecule has 0 bridgehead atoms. The Morgan fingerprint density at radius 3 is 1.15 bits per heavy atom. The Morgan fingerprint density at radius 2 is 0.923 bits per heavy atom. The first-order valence-corrected chi connectivity index (χ1v) is 12.8. The van der Waals surface area contributed by atoms with E-state index in [2.05, 4.69) is 53.7 Å². The topological polar surface area (TPSA) is 18.5 Å². The van der Waals surface area contributed by atoms with E-state index in [0.717, 1.165) is 36.2 Å². The number of halogens is 2. The molecule has 6 heteroatoms. The summed E-state index contributed by atoms with van der Waals surface area (Å²) in [6.45, 7) is 14.7. The van der Waals surface area contributed by atoms with Crippen LogP contribution in [0, 0.1) is 0 Å². The Kier molecular flexibility index (Phi) is 18.1. The highest BCUT2D eigenvalue weighted by Gasteiger charge is 2.23. The average molecular weight is 532 g/mol. The second kappa shape index (κ2) is 16.4. The first-order chi connectivity index (χ1) is 11.6. The van der Waals surface area contributed by atoms with Crippen LogP contribution in [0.25, 0.3) is 0 Å². The largest absolute Gasteiger partial charge is 1.00 e. The molecular weight excluding hydrogens is 496 g/mol. The molecule has 0 spiro atoms. The minimum absolute atomic E-state index is 0. The van der Waals surface area contributed by atoms with Crippen LogP contribution in [0.3, 0.4) is 0 Å². The van der Waals surface area contributed by atoms with E-state index < -0.39 is 0 Å². The molecule has 0 atom stereocenters. The molecule has 0 amide bonds. The van der Waals surface area contributed by atoms with Crippen molar-refractivity contribution in [3.05, 3.63) is 23.3 Å². The van der Waals surface area contributed by atoms with Crippen molar-refractivity contribution in [1.29, 1.82) is 0 Å². The van der Waals surface area contributed by atoms with Crippen molar-refractivity contribution in [2.45, 2.75) is 53.0 Å². The predicted octanol–water partition coefficient (Wildman–Crippen LogP) is -1.19. The molecule has 0 aliphatic heterocycles. The monoisotopic (exact) mass is 530 g/mol. The fourth-order valence-corrected chi connectivity index (χ4v) is 5.67. The summed E-state index contributed by atoms with van der Waals surface area (Å²) in [5, 5.41) is 0. The van der Waals surface area contributed by atoms with E-state index in [9.17, 15) is 0 Å². The number of benzene rings is 1. The average Bonchev–Trinajstić information content (AvgIpc) is 2.60. The van der Waals surface area contributed by atoms with Gasteiger partial charge in [0.25, 0.3) is 0 Å². The van der Waals surface area contributed by atoms with Gasteiger partial charge in [0.05, 0.1) is 13.2 Å². The van der Waals surface area contributed by atoms with Crippen LogP contribution in [0.2, 0.25) is 0 Å². The maximum Gasteiger partial charge on any atom is 0.136 e. The molecular formula is C20H36Br2O2S2. The summed E-state index contributed by atoms with van der Waals surface area (Å²) < 4.78 is 12.0. The first-order valence-electron chi connectivity index (χ1n) is 9.32. The number of hydrogen-bond donors (Lipinski definition) is 0. The van der Waals surface area contributed by atoms with E-state index in [1.165, 1.54) is 34.1 Å². The number of ether oxygens (including phenoxy) is 2. The van der Waals surface area contributed by atoms with Crippen LogP contribution in [-0.2, 0) is 33.3 Å². The van der Waals surface area contributed by atoms with E-state index in [1.54, 1.807) is 0 Å². The van der Waals surface area contributed by atoms with Crippen molar-refractivity contribution in [3.63, 3.8) is 0 Å². The van der Waals surface area contributed by atoms with Gasteiger partial charge in [-0.25, -0.2) is 0 Å². The van der Waals surface area contributed by atoms with Crippen LogP contribution in [0.4, 0.5) is 0 Å². The summed E-state index contributed by atoms with van der Waals surface area (Å²) in [7, 11) is 0.860. The summed E-state index contributed by atoms with van der Waals surface area (Å²) in [5.41, 5.74) is 2.65. The van der Waals surface area contributed by atoms with Crippen LogP contribution >= 0.6 is 0 Å². The quantitative estimate of drug-likeness (QED) is 0.316. The van der Waals surface area contributed by atoms with Gasteiger partial charge in [-0.15, -0.1) is 0 Å². The molecule has 1 aromatic rings. The van der Waals surface area contributed by atoms with E-state index in [4.69, 9.17) is 9.47 Å². The Morgan fingerprint density at radius 1 is 0.615 bits per heavy atom. The summed E-state index contributed by atoms with van der Waals surface area (Å²) >= 11 is 0. The predicted molar refractivity (Wildman–Crippen MR) is 113 cm³/mol. The molecule has 154 valence electrons. The van der Waals surface area contributed by atoms with Crippen molar-refractivity contribution in [1.82, 2.24) is 0 Å². The molecule has 0 radical (unpaired) electrons. The van der Waals surface area contributed by atoms with Gasteiger partial charge in [0.2, 0.25) is 0 Å². The lowest BCUT2D eigenvalue weighted by molar-refractivity contribution is -0.00100. The minimum atomic E-state index is 0. The number of rotatable bonds is 12. The van der Waals surface area contributed by atoms with Crippen molar-refractivity contribution >= 4 is 21.8 Å². The lowest BCUT2D eigenvalue weighted by Gasteiger charge is -2.17. The SMILES string of the molecule is CCOc1cc(C[S+](CC)CC)c(OCC)cc1C[S+](CC)CC.[Br-].[Br-]. The zero-order valence-electron chi connectivity index (χ0n) is 17.2. The molecule has 0 saturated heterocycles. The third-order valence-corrected chi connectivity index (χ3v) is 8.90. The summed E-state index contributed by atoms with van der Waals surface area (Å²) in [5.74, 6) is 9.32. The Hall–Kier alpha value is 0.480. The molecule has 0 N–H and O–H groups in total. The zero-order chi connectivity index (χ0) is 17.9. The van der Waals surface area contributed by atoms with Gasteiger partial charge < -0.3 is 43.4 Å². The first kappa shape index (κ1) is 28.7. The third-order valence-electron chi connectivity index (χ3n) is 4.20. The number of hydrogen-bond acceptors (Lipinski definition) is 2. The molecule has 0 aromatic heterocycles. The second-order valence-corrected chi connectivity index (χ2v) is 10.9. The maximum atomic E-state index is 6.00. The molecule has 0 fully saturated rings. The van der Waals surface area contributed by atoms with Crippen molar-refractivity contribution in [2.75, 3.05) is 36.2 Å². The van der Waals surface area contributed by atoms with Crippen LogP contribution < -0.4 is 43.4 Å². The maximum absolute atomic E-state index is 6.00. The molecule has 0 saturated carbocycles. The van der Waals surface area contributed by atoms with Crippen LogP contribution in [0.1, 0.15) is 52.7 Å². The summed E-state index contributed by atoms with van der Waals surface area (Å²) in [6.07, 6.45) is 0.